The minimum Gasteiger partial charge on any atom is -0.383 e. The van der Waals surface area contributed by atoms with Gasteiger partial charge in [0.15, 0.2) is 0 Å². The van der Waals surface area contributed by atoms with E-state index in [-0.39, 0.29) is 11.8 Å². The second-order valence-corrected chi connectivity index (χ2v) is 5.71. The summed E-state index contributed by atoms with van der Waals surface area (Å²) in [7, 11) is 1.59. The van der Waals surface area contributed by atoms with Crippen LogP contribution in [-0.2, 0) is 22.5 Å². The first kappa shape index (κ1) is 18.7. The quantitative estimate of drug-likeness (QED) is 0.689. The zero-order valence-electron chi connectivity index (χ0n) is 14.5. The number of hydrogen-bond acceptors (Lipinski definition) is 3. The fraction of sp³-hybridized carbons (Fsp3) is 0.300. The molecule has 5 nitrogen and oxygen atoms in total. The van der Waals surface area contributed by atoms with Crippen molar-refractivity contribution in [2.24, 2.45) is 0 Å². The van der Waals surface area contributed by atoms with E-state index in [1.54, 1.807) is 19.2 Å². The second kappa shape index (κ2) is 10.3. The molecule has 5 heteroatoms. The van der Waals surface area contributed by atoms with Crippen molar-refractivity contribution in [1.82, 2.24) is 10.6 Å². The SMILES string of the molecule is COCCNC(=O)c1ccc(CNC(=O)CCc2ccccc2)cc1. The molecule has 2 aromatic carbocycles. The molecule has 2 aromatic rings. The van der Waals surface area contributed by atoms with Crippen LogP contribution < -0.4 is 10.6 Å². The summed E-state index contributed by atoms with van der Waals surface area (Å²) >= 11 is 0. The predicted octanol–water partition coefficient (Wildman–Crippen LogP) is 2.31. The summed E-state index contributed by atoms with van der Waals surface area (Å²) in [6, 6.07) is 17.2. The number of amides is 2. The van der Waals surface area contributed by atoms with Crippen molar-refractivity contribution in [2.75, 3.05) is 20.3 Å². The van der Waals surface area contributed by atoms with Crippen LogP contribution in [0.4, 0.5) is 0 Å². The Labute approximate surface area is 148 Å². The van der Waals surface area contributed by atoms with Crippen LogP contribution in [0.3, 0.4) is 0 Å². The first-order valence-corrected chi connectivity index (χ1v) is 8.35. The molecule has 0 radical (unpaired) electrons. The number of aryl methyl sites for hydroxylation is 1. The number of carbonyl (C=O) groups excluding carboxylic acids is 2. The summed E-state index contributed by atoms with van der Waals surface area (Å²) in [5, 5.41) is 5.67. The highest BCUT2D eigenvalue weighted by Gasteiger charge is 2.06. The highest BCUT2D eigenvalue weighted by molar-refractivity contribution is 5.94. The van der Waals surface area contributed by atoms with Gasteiger partial charge in [-0.1, -0.05) is 42.5 Å². The number of ether oxygens (including phenoxy) is 1. The van der Waals surface area contributed by atoms with Gasteiger partial charge in [0, 0.05) is 32.2 Å². The zero-order valence-corrected chi connectivity index (χ0v) is 14.5. The molecule has 0 spiro atoms. The van der Waals surface area contributed by atoms with E-state index < -0.39 is 0 Å². The minimum atomic E-state index is -0.129. The lowest BCUT2D eigenvalue weighted by molar-refractivity contribution is -0.121. The first-order valence-electron chi connectivity index (χ1n) is 8.35. The van der Waals surface area contributed by atoms with Crippen LogP contribution >= 0.6 is 0 Å². The molecule has 2 rings (SSSR count). The first-order chi connectivity index (χ1) is 12.2. The van der Waals surface area contributed by atoms with Crippen LogP contribution in [0.5, 0.6) is 0 Å². The standard InChI is InChI=1S/C20H24N2O3/c1-25-14-13-21-20(24)18-10-7-17(8-11-18)15-22-19(23)12-9-16-5-3-2-4-6-16/h2-8,10-11H,9,12-15H2,1H3,(H,21,24)(H,22,23). The Balaban J connectivity index is 1.73. The van der Waals surface area contributed by atoms with Gasteiger partial charge in [-0.15, -0.1) is 0 Å². The lowest BCUT2D eigenvalue weighted by Gasteiger charge is -2.07. The topological polar surface area (TPSA) is 67.4 Å². The Kier molecular flexibility index (Phi) is 7.66. The molecule has 0 fully saturated rings. The third kappa shape index (κ3) is 6.77. The summed E-state index contributed by atoms with van der Waals surface area (Å²) in [6.07, 6.45) is 1.19. The average molecular weight is 340 g/mol. The van der Waals surface area contributed by atoms with Crippen LogP contribution in [0.25, 0.3) is 0 Å². The van der Waals surface area contributed by atoms with Crippen molar-refractivity contribution in [3.8, 4) is 0 Å². The van der Waals surface area contributed by atoms with Gasteiger partial charge in [-0.3, -0.25) is 9.59 Å². The molecule has 0 bridgehead atoms. The highest BCUT2D eigenvalue weighted by atomic mass is 16.5. The predicted molar refractivity (Wildman–Crippen MR) is 97.3 cm³/mol. The third-order valence-electron chi connectivity index (χ3n) is 3.78. The minimum absolute atomic E-state index is 0.0187. The normalized spacial score (nSPS) is 10.3. The smallest absolute Gasteiger partial charge is 0.251 e. The molecular weight excluding hydrogens is 316 g/mol. The molecule has 0 saturated heterocycles. The lowest BCUT2D eigenvalue weighted by atomic mass is 10.1. The summed E-state index contributed by atoms with van der Waals surface area (Å²) < 4.78 is 4.89. The van der Waals surface area contributed by atoms with Crippen LogP contribution in [0.2, 0.25) is 0 Å². The van der Waals surface area contributed by atoms with Gasteiger partial charge in [-0.2, -0.15) is 0 Å². The molecule has 0 aliphatic rings. The van der Waals surface area contributed by atoms with Gasteiger partial charge < -0.3 is 15.4 Å². The number of carbonyl (C=O) groups is 2. The Morgan fingerprint density at radius 1 is 0.920 bits per heavy atom. The number of methoxy groups -OCH3 is 1. The fourth-order valence-corrected chi connectivity index (χ4v) is 2.33. The maximum atomic E-state index is 11.9. The van der Waals surface area contributed by atoms with Gasteiger partial charge in [0.25, 0.3) is 5.91 Å². The van der Waals surface area contributed by atoms with E-state index in [9.17, 15) is 9.59 Å². The molecule has 132 valence electrons. The number of nitrogens with one attached hydrogen (secondary N) is 2. The van der Waals surface area contributed by atoms with E-state index in [0.29, 0.717) is 31.7 Å². The molecule has 2 amide bonds. The average Bonchev–Trinajstić information content (AvgIpc) is 2.66. The maximum Gasteiger partial charge on any atom is 0.251 e. The highest BCUT2D eigenvalue weighted by Crippen LogP contribution is 2.05. The van der Waals surface area contributed by atoms with Gasteiger partial charge >= 0.3 is 0 Å². The van der Waals surface area contributed by atoms with Gasteiger partial charge in [0.2, 0.25) is 5.91 Å². The van der Waals surface area contributed by atoms with Gasteiger partial charge in [0.05, 0.1) is 6.61 Å². The van der Waals surface area contributed by atoms with Crippen molar-refractivity contribution in [1.29, 1.82) is 0 Å². The molecule has 0 aromatic heterocycles. The Bertz CT molecular complexity index is 669. The molecule has 0 aliphatic carbocycles. The van der Waals surface area contributed by atoms with E-state index in [4.69, 9.17) is 4.74 Å². The van der Waals surface area contributed by atoms with E-state index in [1.165, 1.54) is 0 Å². The van der Waals surface area contributed by atoms with Crippen molar-refractivity contribution < 1.29 is 14.3 Å². The molecule has 0 saturated carbocycles. The second-order valence-electron chi connectivity index (χ2n) is 5.71. The van der Waals surface area contributed by atoms with Crippen molar-refractivity contribution in [2.45, 2.75) is 19.4 Å². The van der Waals surface area contributed by atoms with Crippen molar-refractivity contribution in [3.63, 3.8) is 0 Å². The number of benzene rings is 2. The summed E-state index contributed by atoms with van der Waals surface area (Å²) in [6.45, 7) is 1.42. The van der Waals surface area contributed by atoms with Crippen molar-refractivity contribution in [3.05, 3.63) is 71.3 Å². The van der Waals surface area contributed by atoms with Crippen LogP contribution in [-0.4, -0.2) is 32.1 Å². The van der Waals surface area contributed by atoms with Gasteiger partial charge in [-0.25, -0.2) is 0 Å². The van der Waals surface area contributed by atoms with Crippen LogP contribution in [0, 0.1) is 0 Å². The zero-order chi connectivity index (χ0) is 17.9. The van der Waals surface area contributed by atoms with E-state index >= 15 is 0 Å². The van der Waals surface area contributed by atoms with E-state index in [0.717, 1.165) is 17.5 Å². The summed E-state index contributed by atoms with van der Waals surface area (Å²) in [4.78, 5) is 23.8. The van der Waals surface area contributed by atoms with Crippen LogP contribution in [0.15, 0.2) is 54.6 Å². The number of rotatable bonds is 9. The van der Waals surface area contributed by atoms with E-state index in [1.807, 2.05) is 42.5 Å². The molecule has 0 heterocycles. The van der Waals surface area contributed by atoms with E-state index in [2.05, 4.69) is 10.6 Å². The maximum absolute atomic E-state index is 11.9. The largest absolute Gasteiger partial charge is 0.383 e. The summed E-state index contributed by atoms with van der Waals surface area (Å²) in [5.41, 5.74) is 2.71. The fourth-order valence-electron chi connectivity index (χ4n) is 2.33. The van der Waals surface area contributed by atoms with Gasteiger partial charge in [-0.05, 0) is 29.7 Å². The molecule has 0 aliphatic heterocycles. The molecule has 0 unspecified atom stereocenters. The van der Waals surface area contributed by atoms with Crippen molar-refractivity contribution >= 4 is 11.8 Å². The number of hydrogen-bond donors (Lipinski definition) is 2. The van der Waals surface area contributed by atoms with Gasteiger partial charge in [0.1, 0.15) is 0 Å². The monoisotopic (exact) mass is 340 g/mol. The molecule has 25 heavy (non-hydrogen) atoms. The third-order valence-corrected chi connectivity index (χ3v) is 3.78. The summed E-state index contributed by atoms with van der Waals surface area (Å²) in [5.74, 6) is -0.110. The molecule has 2 N–H and O–H groups in total. The van der Waals surface area contributed by atoms with Crippen LogP contribution in [0.1, 0.15) is 27.9 Å². The Morgan fingerprint density at radius 2 is 1.64 bits per heavy atom. The molecular formula is C20H24N2O3. The molecule has 0 atom stereocenters. The lowest BCUT2D eigenvalue weighted by Crippen LogP contribution is -2.27. The Morgan fingerprint density at radius 3 is 2.32 bits per heavy atom. The Hall–Kier alpha value is -2.66.